The molecule has 0 aromatic heterocycles. The standard InChI is InChI=1S/C19H19NO2/c1-13-8-9-16-17(12-13)21-18-10-4-5-11-19(18,22-16)20-15-7-3-2-6-14(15)18/h2-3,6-9,12,20H,4-5,10-11H2,1H3/t18-,19-/m0/s1. The van der Waals surface area contributed by atoms with Gasteiger partial charge in [0.05, 0.1) is 0 Å². The summed E-state index contributed by atoms with van der Waals surface area (Å²) >= 11 is 0. The van der Waals surface area contributed by atoms with Gasteiger partial charge in [0, 0.05) is 17.7 Å². The summed E-state index contributed by atoms with van der Waals surface area (Å²) in [5.41, 5.74) is 2.72. The number of ether oxygens (including phenoxy) is 2. The fourth-order valence-corrected chi connectivity index (χ4v) is 4.33. The number of aryl methyl sites for hydroxylation is 1. The van der Waals surface area contributed by atoms with E-state index in [9.17, 15) is 0 Å². The lowest BCUT2D eigenvalue weighted by atomic mass is 9.74. The van der Waals surface area contributed by atoms with Crippen molar-refractivity contribution in [3.05, 3.63) is 53.6 Å². The molecular weight excluding hydrogens is 274 g/mol. The van der Waals surface area contributed by atoms with Gasteiger partial charge >= 0.3 is 0 Å². The molecule has 0 saturated heterocycles. The summed E-state index contributed by atoms with van der Waals surface area (Å²) in [4.78, 5) is 0. The first-order chi connectivity index (χ1) is 10.7. The normalized spacial score (nSPS) is 30.8. The van der Waals surface area contributed by atoms with Crippen LogP contribution in [0.25, 0.3) is 0 Å². The molecule has 3 heteroatoms. The first-order valence-electron chi connectivity index (χ1n) is 8.09. The van der Waals surface area contributed by atoms with Gasteiger partial charge in [0.25, 0.3) is 0 Å². The van der Waals surface area contributed by atoms with Gasteiger partial charge < -0.3 is 14.8 Å². The van der Waals surface area contributed by atoms with E-state index in [1.807, 2.05) is 6.07 Å². The second kappa shape index (κ2) is 3.97. The van der Waals surface area contributed by atoms with E-state index in [0.29, 0.717) is 0 Å². The average molecular weight is 293 g/mol. The number of rotatable bonds is 0. The third-order valence-corrected chi connectivity index (χ3v) is 5.33. The highest BCUT2D eigenvalue weighted by Gasteiger charge is 2.65. The second-order valence-electron chi connectivity index (χ2n) is 6.69. The van der Waals surface area contributed by atoms with Gasteiger partial charge in [-0.1, -0.05) is 24.3 Å². The van der Waals surface area contributed by atoms with Crippen LogP contribution in [0.3, 0.4) is 0 Å². The Morgan fingerprint density at radius 1 is 0.955 bits per heavy atom. The Bertz CT molecular complexity index is 772. The van der Waals surface area contributed by atoms with Crippen LogP contribution in [0.4, 0.5) is 5.69 Å². The molecule has 2 atom stereocenters. The van der Waals surface area contributed by atoms with Crippen molar-refractivity contribution in [2.24, 2.45) is 0 Å². The zero-order valence-corrected chi connectivity index (χ0v) is 12.7. The molecule has 3 nitrogen and oxygen atoms in total. The number of anilines is 1. The molecule has 1 aliphatic carbocycles. The van der Waals surface area contributed by atoms with Gasteiger partial charge in [-0.15, -0.1) is 0 Å². The SMILES string of the molecule is Cc1ccc2c(c1)O[C@]13CCCC[C@]1(Nc1ccccc13)O2. The van der Waals surface area contributed by atoms with Crippen LogP contribution in [0.2, 0.25) is 0 Å². The smallest absolute Gasteiger partial charge is 0.225 e. The van der Waals surface area contributed by atoms with Crippen LogP contribution in [-0.2, 0) is 5.60 Å². The van der Waals surface area contributed by atoms with E-state index in [1.165, 1.54) is 17.5 Å². The number of nitrogens with one attached hydrogen (secondary N) is 1. The Hall–Kier alpha value is -2.16. The molecule has 0 bridgehead atoms. The molecule has 1 saturated carbocycles. The first-order valence-corrected chi connectivity index (χ1v) is 8.09. The summed E-state index contributed by atoms with van der Waals surface area (Å²) < 4.78 is 13.2. The predicted molar refractivity (Wildman–Crippen MR) is 85.4 cm³/mol. The highest BCUT2D eigenvalue weighted by molar-refractivity contribution is 5.65. The minimum Gasteiger partial charge on any atom is -0.472 e. The van der Waals surface area contributed by atoms with Gasteiger partial charge in [0.15, 0.2) is 17.1 Å². The highest BCUT2D eigenvalue weighted by Crippen LogP contribution is 2.60. The molecule has 2 heterocycles. The Kier molecular flexibility index (Phi) is 2.24. The van der Waals surface area contributed by atoms with Crippen LogP contribution in [0.1, 0.15) is 36.8 Å². The van der Waals surface area contributed by atoms with E-state index >= 15 is 0 Å². The summed E-state index contributed by atoms with van der Waals surface area (Å²) in [7, 11) is 0. The van der Waals surface area contributed by atoms with E-state index in [2.05, 4.69) is 48.6 Å². The quantitative estimate of drug-likeness (QED) is 0.783. The fourth-order valence-electron chi connectivity index (χ4n) is 4.33. The van der Waals surface area contributed by atoms with Gasteiger partial charge in [0.2, 0.25) is 5.72 Å². The number of hydrogen-bond donors (Lipinski definition) is 1. The van der Waals surface area contributed by atoms with E-state index < -0.39 is 11.3 Å². The van der Waals surface area contributed by atoms with E-state index in [1.54, 1.807) is 0 Å². The molecule has 0 amide bonds. The molecule has 0 radical (unpaired) electrons. The van der Waals surface area contributed by atoms with Crippen molar-refractivity contribution in [1.82, 2.24) is 0 Å². The van der Waals surface area contributed by atoms with Crippen LogP contribution >= 0.6 is 0 Å². The summed E-state index contributed by atoms with van der Waals surface area (Å²) in [5.74, 6) is 1.72. The third kappa shape index (κ3) is 1.37. The number of fused-ring (bicyclic) bond motifs is 2. The maximum absolute atomic E-state index is 6.66. The van der Waals surface area contributed by atoms with Crippen LogP contribution in [0.15, 0.2) is 42.5 Å². The molecule has 22 heavy (non-hydrogen) atoms. The minimum absolute atomic E-state index is 0.400. The number of para-hydroxylation sites is 1. The lowest BCUT2D eigenvalue weighted by molar-refractivity contribution is -0.146. The molecule has 1 N–H and O–H groups in total. The van der Waals surface area contributed by atoms with Crippen LogP contribution in [-0.4, -0.2) is 5.72 Å². The van der Waals surface area contributed by atoms with Crippen LogP contribution in [0.5, 0.6) is 11.5 Å². The van der Waals surface area contributed by atoms with Crippen LogP contribution < -0.4 is 14.8 Å². The van der Waals surface area contributed by atoms with Crippen molar-refractivity contribution in [1.29, 1.82) is 0 Å². The molecule has 1 fully saturated rings. The van der Waals surface area contributed by atoms with E-state index in [0.717, 1.165) is 36.4 Å². The van der Waals surface area contributed by atoms with Gasteiger partial charge in [-0.3, -0.25) is 0 Å². The monoisotopic (exact) mass is 293 g/mol. The Labute approximate surface area is 130 Å². The molecule has 112 valence electrons. The van der Waals surface area contributed by atoms with Gasteiger partial charge in [-0.2, -0.15) is 0 Å². The summed E-state index contributed by atoms with van der Waals surface area (Å²) in [6.07, 6.45) is 4.29. The molecule has 2 aromatic rings. The Morgan fingerprint density at radius 3 is 2.77 bits per heavy atom. The van der Waals surface area contributed by atoms with Crippen molar-refractivity contribution in [3.8, 4) is 11.5 Å². The maximum Gasteiger partial charge on any atom is 0.225 e. The zero-order valence-electron chi connectivity index (χ0n) is 12.7. The van der Waals surface area contributed by atoms with Crippen molar-refractivity contribution in [2.45, 2.75) is 43.9 Å². The zero-order chi connectivity index (χ0) is 14.8. The Morgan fingerprint density at radius 2 is 1.82 bits per heavy atom. The molecule has 3 aliphatic rings. The van der Waals surface area contributed by atoms with Crippen LogP contribution in [0, 0.1) is 6.92 Å². The average Bonchev–Trinajstić information content (AvgIpc) is 2.82. The largest absolute Gasteiger partial charge is 0.472 e. The highest BCUT2D eigenvalue weighted by atomic mass is 16.6. The molecule has 2 aliphatic heterocycles. The fraction of sp³-hybridized carbons (Fsp3) is 0.368. The molecular formula is C19H19NO2. The number of hydrogen-bond acceptors (Lipinski definition) is 3. The number of benzene rings is 2. The van der Waals surface area contributed by atoms with Crippen molar-refractivity contribution in [3.63, 3.8) is 0 Å². The second-order valence-corrected chi connectivity index (χ2v) is 6.69. The summed E-state index contributed by atoms with van der Waals surface area (Å²) in [6, 6.07) is 14.7. The summed E-state index contributed by atoms with van der Waals surface area (Å²) in [6.45, 7) is 2.09. The predicted octanol–water partition coefficient (Wildman–Crippen LogP) is 4.36. The maximum atomic E-state index is 6.66. The molecule has 0 unspecified atom stereocenters. The van der Waals surface area contributed by atoms with Crippen molar-refractivity contribution in [2.75, 3.05) is 5.32 Å². The van der Waals surface area contributed by atoms with E-state index in [-0.39, 0.29) is 0 Å². The molecule has 2 aromatic carbocycles. The van der Waals surface area contributed by atoms with Crippen molar-refractivity contribution >= 4 is 5.69 Å². The lowest BCUT2D eigenvalue weighted by Crippen LogP contribution is -2.63. The third-order valence-electron chi connectivity index (χ3n) is 5.33. The first kappa shape index (κ1) is 12.4. The van der Waals surface area contributed by atoms with Gasteiger partial charge in [-0.25, -0.2) is 0 Å². The summed E-state index contributed by atoms with van der Waals surface area (Å²) in [5, 5.41) is 3.65. The molecule has 0 spiro atoms. The minimum atomic E-state index is -0.461. The van der Waals surface area contributed by atoms with Crippen molar-refractivity contribution < 1.29 is 9.47 Å². The van der Waals surface area contributed by atoms with Gasteiger partial charge in [0.1, 0.15) is 0 Å². The van der Waals surface area contributed by atoms with Gasteiger partial charge in [-0.05, 0) is 49.9 Å². The lowest BCUT2D eigenvalue weighted by Gasteiger charge is -2.51. The Balaban J connectivity index is 1.75. The topological polar surface area (TPSA) is 30.5 Å². The molecule has 5 rings (SSSR count). The van der Waals surface area contributed by atoms with E-state index in [4.69, 9.17) is 9.47 Å².